The van der Waals surface area contributed by atoms with Crippen LogP contribution in [0.25, 0.3) is 0 Å². The first kappa shape index (κ1) is 55.1. The van der Waals surface area contributed by atoms with Gasteiger partial charge in [0.15, 0.2) is 0 Å². The summed E-state index contributed by atoms with van der Waals surface area (Å²) in [6.07, 6.45) is 55.6. The van der Waals surface area contributed by atoms with Crippen molar-refractivity contribution in [3.05, 3.63) is 36.5 Å². The van der Waals surface area contributed by atoms with Crippen LogP contribution in [0.2, 0.25) is 0 Å². The van der Waals surface area contributed by atoms with E-state index >= 15 is 0 Å². The van der Waals surface area contributed by atoms with Gasteiger partial charge in [0, 0.05) is 12.8 Å². The van der Waals surface area contributed by atoms with Gasteiger partial charge in [0.2, 0.25) is 5.91 Å². The summed E-state index contributed by atoms with van der Waals surface area (Å²) >= 11 is 0. The first-order chi connectivity index (χ1) is 28.0. The molecule has 334 valence electrons. The Bertz CT molecular complexity index is 931. The highest BCUT2D eigenvalue weighted by Crippen LogP contribution is 2.15. The fourth-order valence-corrected chi connectivity index (χ4v) is 7.32. The summed E-state index contributed by atoms with van der Waals surface area (Å²) in [5.74, 6) is -0.129. The number of carbonyl (C=O) groups is 2. The van der Waals surface area contributed by atoms with Crippen molar-refractivity contribution >= 4 is 11.9 Å². The summed E-state index contributed by atoms with van der Waals surface area (Å²) in [5, 5.41) is 23.1. The van der Waals surface area contributed by atoms with Gasteiger partial charge in [0.1, 0.15) is 0 Å². The number of aliphatic hydroxyl groups is 2. The molecule has 0 aromatic heterocycles. The Morgan fingerprint density at radius 1 is 0.491 bits per heavy atom. The molecule has 6 heteroatoms. The Labute approximate surface area is 353 Å². The molecule has 6 nitrogen and oxygen atoms in total. The number of hydrogen-bond acceptors (Lipinski definition) is 5. The van der Waals surface area contributed by atoms with E-state index in [4.69, 9.17) is 4.74 Å². The fraction of sp³-hybridized carbons (Fsp3) is 0.843. The SMILES string of the molecule is CCC/C=C\C/C=C\CCCCCCCC(=O)OCCCCCCCCCCCCC(=O)NC(CO)C(O)/C=C/CCCCCCCCCCCCCCCCC. The van der Waals surface area contributed by atoms with Crippen LogP contribution in [-0.2, 0) is 14.3 Å². The fourth-order valence-electron chi connectivity index (χ4n) is 7.32. The van der Waals surface area contributed by atoms with E-state index in [-0.39, 0.29) is 18.5 Å². The summed E-state index contributed by atoms with van der Waals surface area (Å²) in [6, 6.07) is -0.646. The molecule has 0 aromatic rings. The average molecular weight is 802 g/mol. The van der Waals surface area contributed by atoms with Crippen molar-refractivity contribution in [2.75, 3.05) is 13.2 Å². The number of aliphatic hydroxyl groups excluding tert-OH is 2. The number of allylic oxidation sites excluding steroid dienone is 5. The monoisotopic (exact) mass is 802 g/mol. The number of nitrogens with one attached hydrogen (secondary N) is 1. The van der Waals surface area contributed by atoms with Crippen molar-refractivity contribution in [2.45, 2.75) is 264 Å². The third kappa shape index (κ3) is 43.5. The van der Waals surface area contributed by atoms with Crippen LogP contribution in [0.3, 0.4) is 0 Å². The topological polar surface area (TPSA) is 95.9 Å². The lowest BCUT2D eigenvalue weighted by molar-refractivity contribution is -0.143. The Morgan fingerprint density at radius 2 is 0.912 bits per heavy atom. The third-order valence-corrected chi connectivity index (χ3v) is 11.1. The molecule has 3 N–H and O–H groups in total. The van der Waals surface area contributed by atoms with Crippen molar-refractivity contribution < 1.29 is 24.5 Å². The van der Waals surface area contributed by atoms with E-state index in [0.29, 0.717) is 19.4 Å². The van der Waals surface area contributed by atoms with Gasteiger partial charge in [-0.25, -0.2) is 0 Å². The second kappa shape index (κ2) is 46.8. The number of unbranched alkanes of at least 4 members (excludes halogenated alkanes) is 30. The Kier molecular flexibility index (Phi) is 45.2. The summed E-state index contributed by atoms with van der Waals surface area (Å²) in [7, 11) is 0. The van der Waals surface area contributed by atoms with Crippen molar-refractivity contribution in [2.24, 2.45) is 0 Å². The van der Waals surface area contributed by atoms with Gasteiger partial charge < -0.3 is 20.3 Å². The molecular formula is C51H95NO5. The van der Waals surface area contributed by atoms with Crippen molar-refractivity contribution in [3.63, 3.8) is 0 Å². The Morgan fingerprint density at radius 3 is 1.40 bits per heavy atom. The highest BCUT2D eigenvalue weighted by atomic mass is 16.5. The molecule has 2 unspecified atom stereocenters. The Hall–Kier alpha value is -1.92. The molecule has 0 aliphatic heterocycles. The van der Waals surface area contributed by atoms with Gasteiger partial charge in [-0.3, -0.25) is 9.59 Å². The molecule has 0 bridgehead atoms. The third-order valence-electron chi connectivity index (χ3n) is 11.1. The maximum Gasteiger partial charge on any atom is 0.305 e. The number of amides is 1. The number of esters is 1. The molecule has 0 aliphatic carbocycles. The molecule has 0 heterocycles. The van der Waals surface area contributed by atoms with Crippen LogP contribution in [0.4, 0.5) is 0 Å². The van der Waals surface area contributed by atoms with Gasteiger partial charge in [-0.2, -0.15) is 0 Å². The minimum Gasteiger partial charge on any atom is -0.466 e. The molecule has 0 saturated carbocycles. The van der Waals surface area contributed by atoms with Gasteiger partial charge >= 0.3 is 5.97 Å². The Balaban J connectivity index is 3.54. The first-order valence-electron chi connectivity index (χ1n) is 24.8. The number of ether oxygens (including phenoxy) is 1. The smallest absolute Gasteiger partial charge is 0.305 e. The molecule has 0 aliphatic rings. The van der Waals surface area contributed by atoms with E-state index in [1.165, 1.54) is 154 Å². The number of carbonyl (C=O) groups excluding carboxylic acids is 2. The van der Waals surface area contributed by atoms with Crippen LogP contribution in [0.5, 0.6) is 0 Å². The van der Waals surface area contributed by atoms with E-state index in [2.05, 4.69) is 43.5 Å². The first-order valence-corrected chi connectivity index (χ1v) is 24.8. The standard InChI is InChI=1S/C51H95NO5/c1-3-5-7-9-11-13-15-17-18-19-20-22-23-27-31-35-39-43-49(54)48(47-53)52-50(55)44-40-36-32-28-25-26-30-34-38-42-46-57-51(56)45-41-37-33-29-24-21-16-14-12-10-8-6-4-2/h8,10,14,16,39,43,48-49,53-54H,3-7,9,11-13,15,17-38,40-42,44-47H2,1-2H3,(H,52,55)/b10-8-,16-14-,43-39+. The summed E-state index contributed by atoms with van der Waals surface area (Å²) < 4.78 is 5.43. The van der Waals surface area contributed by atoms with E-state index < -0.39 is 12.1 Å². The molecule has 0 saturated heterocycles. The quantitative estimate of drug-likeness (QED) is 0.0324. The van der Waals surface area contributed by atoms with Gasteiger partial charge in [0.25, 0.3) is 0 Å². The van der Waals surface area contributed by atoms with E-state index in [9.17, 15) is 19.8 Å². The largest absolute Gasteiger partial charge is 0.466 e. The maximum absolute atomic E-state index is 12.4. The average Bonchev–Trinajstić information content (AvgIpc) is 3.21. The lowest BCUT2D eigenvalue weighted by Gasteiger charge is -2.20. The van der Waals surface area contributed by atoms with Crippen LogP contribution in [0.15, 0.2) is 36.5 Å². The number of hydrogen-bond donors (Lipinski definition) is 3. The zero-order chi connectivity index (χ0) is 41.5. The summed E-state index contributed by atoms with van der Waals surface area (Å²) in [6.45, 7) is 4.77. The van der Waals surface area contributed by atoms with Gasteiger partial charge in [-0.1, -0.05) is 217 Å². The van der Waals surface area contributed by atoms with Gasteiger partial charge in [-0.15, -0.1) is 0 Å². The van der Waals surface area contributed by atoms with E-state index in [0.717, 1.165) is 70.6 Å². The van der Waals surface area contributed by atoms with Crippen LogP contribution in [-0.4, -0.2) is 47.4 Å². The van der Waals surface area contributed by atoms with E-state index in [1.54, 1.807) is 6.08 Å². The minimum atomic E-state index is -0.860. The van der Waals surface area contributed by atoms with Crippen molar-refractivity contribution in [1.29, 1.82) is 0 Å². The number of rotatable bonds is 45. The second-order valence-electron chi connectivity index (χ2n) is 16.8. The predicted octanol–water partition coefficient (Wildman–Crippen LogP) is 14.5. The van der Waals surface area contributed by atoms with Crippen LogP contribution >= 0.6 is 0 Å². The molecule has 0 spiro atoms. The zero-order valence-electron chi connectivity index (χ0n) is 37.8. The highest BCUT2D eigenvalue weighted by Gasteiger charge is 2.18. The molecule has 0 rings (SSSR count). The molecule has 0 radical (unpaired) electrons. The molecule has 0 fully saturated rings. The molecule has 0 aromatic carbocycles. The highest BCUT2D eigenvalue weighted by molar-refractivity contribution is 5.76. The van der Waals surface area contributed by atoms with Crippen molar-refractivity contribution in [3.8, 4) is 0 Å². The molecule has 1 amide bonds. The summed E-state index contributed by atoms with van der Waals surface area (Å²) in [4.78, 5) is 24.4. The zero-order valence-corrected chi connectivity index (χ0v) is 37.8. The second-order valence-corrected chi connectivity index (χ2v) is 16.8. The molecular weight excluding hydrogens is 707 g/mol. The lowest BCUT2D eigenvalue weighted by atomic mass is 10.0. The van der Waals surface area contributed by atoms with Gasteiger partial charge in [0.05, 0.1) is 25.4 Å². The van der Waals surface area contributed by atoms with Crippen LogP contribution in [0.1, 0.15) is 251 Å². The minimum absolute atomic E-state index is 0.0367. The van der Waals surface area contributed by atoms with Crippen molar-refractivity contribution in [1.82, 2.24) is 5.32 Å². The summed E-state index contributed by atoms with van der Waals surface area (Å²) in [5.41, 5.74) is 0. The normalized spacial score (nSPS) is 13.0. The molecule has 57 heavy (non-hydrogen) atoms. The van der Waals surface area contributed by atoms with E-state index in [1.807, 2.05) is 6.08 Å². The lowest BCUT2D eigenvalue weighted by Crippen LogP contribution is -2.45. The molecule has 2 atom stereocenters. The van der Waals surface area contributed by atoms with Crippen LogP contribution < -0.4 is 5.32 Å². The maximum atomic E-state index is 12.4. The predicted molar refractivity (Wildman–Crippen MR) is 246 cm³/mol. The van der Waals surface area contributed by atoms with Gasteiger partial charge in [-0.05, 0) is 57.8 Å². The van der Waals surface area contributed by atoms with Crippen LogP contribution in [0, 0.1) is 0 Å².